The van der Waals surface area contributed by atoms with Gasteiger partial charge in [-0.3, -0.25) is 18.9 Å². The minimum absolute atomic E-state index is 0.719. The van der Waals surface area contributed by atoms with Gasteiger partial charge in [-0.1, -0.05) is 40.0 Å². The van der Waals surface area contributed by atoms with Gasteiger partial charge in [-0.25, -0.2) is 18.5 Å². The fraction of sp³-hybridized carbons (Fsp3) is 0.810. The highest BCUT2D eigenvalue weighted by Gasteiger charge is 2.55. The van der Waals surface area contributed by atoms with Crippen LogP contribution in [-0.2, 0) is 35.9 Å². The van der Waals surface area contributed by atoms with E-state index >= 15 is 0 Å². The predicted octanol–water partition coefficient (Wildman–Crippen LogP) is 2.23. The van der Waals surface area contributed by atoms with Crippen molar-refractivity contribution in [1.82, 2.24) is 14.5 Å². The summed E-state index contributed by atoms with van der Waals surface area (Å²) in [7, 11) is -15.6. The standard InChI is InChI=1S/C12H27N.C9H13N2O14P3/c1-4-7-10-13(11-8-5-2)12-9-6-3;12-5-1-2-11(9(15)10-5)8-7(14)6(13)4(22-8)3-21-28(20)24-26(16,17)23-27(18,19)25-28/h4-12H2,1-3H3;1-2,4,6-8,13-14H,3H2,(H,16,17)(H,18,19)(H,10,12,15)/t;4-,6-,7-,8-/m.1/s1. The van der Waals surface area contributed by atoms with Gasteiger partial charge in [0.1, 0.15) is 18.3 Å². The summed E-state index contributed by atoms with van der Waals surface area (Å²) in [4.78, 5) is 45.7. The molecule has 3 heterocycles. The first-order valence-electron chi connectivity index (χ1n) is 13.3. The minimum atomic E-state index is -5.25. The van der Waals surface area contributed by atoms with Crippen LogP contribution in [0, 0.1) is 0 Å². The van der Waals surface area contributed by atoms with Crippen LogP contribution in [0.15, 0.2) is 21.9 Å². The van der Waals surface area contributed by atoms with E-state index in [4.69, 9.17) is 14.5 Å². The molecule has 6 atom stereocenters. The Bertz CT molecular complexity index is 1180. The van der Waals surface area contributed by atoms with Crippen LogP contribution < -0.4 is 11.2 Å². The number of unbranched alkanes of at least 4 members (excludes halogenated alkanes) is 3. The molecule has 2 aliphatic rings. The van der Waals surface area contributed by atoms with Crippen molar-refractivity contribution < 1.29 is 55.9 Å². The second kappa shape index (κ2) is 16.2. The third-order valence-corrected chi connectivity index (χ3v) is 11.3. The Kier molecular flexibility index (Phi) is 14.3. The molecule has 2 fully saturated rings. The third kappa shape index (κ3) is 11.5. The van der Waals surface area contributed by atoms with Crippen molar-refractivity contribution in [3.8, 4) is 0 Å². The molecule has 17 nitrogen and oxygen atoms in total. The first-order chi connectivity index (χ1) is 19.2. The summed E-state index contributed by atoms with van der Waals surface area (Å²) in [6.07, 6.45) is 2.67. The van der Waals surface area contributed by atoms with E-state index in [1.165, 1.54) is 58.2 Å². The number of aromatic amines is 1. The lowest BCUT2D eigenvalue weighted by atomic mass is 10.1. The highest BCUT2D eigenvalue weighted by molar-refractivity contribution is 7.74. The van der Waals surface area contributed by atoms with Crippen LogP contribution in [0.5, 0.6) is 0 Å². The van der Waals surface area contributed by atoms with Crippen LogP contribution in [0.1, 0.15) is 65.5 Å². The van der Waals surface area contributed by atoms with E-state index in [0.29, 0.717) is 0 Å². The number of phosphoric acid groups is 3. The normalized spacial score (nSPS) is 33.5. The number of aromatic nitrogens is 2. The number of hydrogen-bond donors (Lipinski definition) is 5. The summed E-state index contributed by atoms with van der Waals surface area (Å²) >= 11 is 0. The summed E-state index contributed by atoms with van der Waals surface area (Å²) in [6, 6.07) is 0.952. The number of rotatable bonds is 13. The van der Waals surface area contributed by atoms with Gasteiger partial charge in [0.25, 0.3) is 5.56 Å². The second-order valence-electron chi connectivity index (χ2n) is 9.39. The number of nitrogens with one attached hydrogen (secondary N) is 1. The van der Waals surface area contributed by atoms with Crippen LogP contribution >= 0.6 is 23.5 Å². The lowest BCUT2D eigenvalue weighted by Gasteiger charge is -2.27. The summed E-state index contributed by atoms with van der Waals surface area (Å²) in [5.74, 6) is 0. The Labute approximate surface area is 237 Å². The summed E-state index contributed by atoms with van der Waals surface area (Å²) in [5.41, 5.74) is -1.68. The average Bonchev–Trinajstić information content (AvgIpc) is 3.14. The molecule has 1 aromatic rings. The lowest BCUT2D eigenvalue weighted by molar-refractivity contribution is -0.0545. The van der Waals surface area contributed by atoms with Crippen molar-refractivity contribution in [1.29, 1.82) is 0 Å². The van der Waals surface area contributed by atoms with E-state index < -0.39 is 65.9 Å². The van der Waals surface area contributed by atoms with Crippen LogP contribution in [-0.4, -0.2) is 79.0 Å². The highest BCUT2D eigenvalue weighted by atomic mass is 31.3. The fourth-order valence-corrected chi connectivity index (χ4v) is 8.78. The molecule has 1 aromatic heterocycles. The molecule has 0 saturated carbocycles. The number of ether oxygens (including phenoxy) is 1. The lowest BCUT2D eigenvalue weighted by Crippen LogP contribution is -2.37. The van der Waals surface area contributed by atoms with Crippen molar-refractivity contribution in [3.63, 3.8) is 0 Å². The summed E-state index contributed by atoms with van der Waals surface area (Å²) in [6.45, 7) is 9.85. The SMILES string of the molecule is CCCCN(CCCC)CCCC.O=c1ccn([C@@H]2O[C@H](COP3(=O)OP(=O)(O)OP(=O)(O)O3)[C@@H](O)[C@H]2O)c(=O)[nH]1. The van der Waals surface area contributed by atoms with E-state index in [0.717, 1.165) is 16.8 Å². The van der Waals surface area contributed by atoms with Gasteiger partial charge in [-0.05, 0) is 38.9 Å². The number of nitrogens with zero attached hydrogens (tertiary/aromatic N) is 2. The highest BCUT2D eigenvalue weighted by Crippen LogP contribution is 2.80. The zero-order valence-electron chi connectivity index (χ0n) is 23.1. The number of aliphatic hydroxyl groups is 2. The molecule has 0 aromatic carbocycles. The van der Waals surface area contributed by atoms with Gasteiger partial charge in [0.15, 0.2) is 6.23 Å². The van der Waals surface area contributed by atoms with Crippen molar-refractivity contribution in [2.45, 2.75) is 83.8 Å². The first kappa shape index (κ1) is 36.2. The van der Waals surface area contributed by atoms with Gasteiger partial charge >= 0.3 is 29.2 Å². The van der Waals surface area contributed by atoms with E-state index in [-0.39, 0.29) is 0 Å². The molecule has 0 aliphatic carbocycles. The number of aliphatic hydroxyl groups excluding tert-OH is 2. The Balaban J connectivity index is 0.000000383. The van der Waals surface area contributed by atoms with Crippen LogP contribution in [0.3, 0.4) is 0 Å². The Morgan fingerprint density at radius 3 is 1.88 bits per heavy atom. The predicted molar refractivity (Wildman–Crippen MR) is 145 cm³/mol. The molecular weight excluding hydrogens is 611 g/mol. The second-order valence-corrected chi connectivity index (χ2v) is 14.4. The van der Waals surface area contributed by atoms with Gasteiger partial charge in [0.05, 0.1) is 6.61 Å². The molecule has 2 unspecified atom stereocenters. The molecule has 20 heteroatoms. The third-order valence-electron chi connectivity index (χ3n) is 5.96. The molecule has 0 bridgehead atoms. The largest absolute Gasteiger partial charge is 0.492 e. The van der Waals surface area contributed by atoms with Gasteiger partial charge in [0, 0.05) is 12.3 Å². The van der Waals surface area contributed by atoms with E-state index in [9.17, 15) is 33.5 Å². The summed E-state index contributed by atoms with van der Waals surface area (Å²) < 4.78 is 57.2. The first-order valence-corrected chi connectivity index (χ1v) is 17.7. The molecule has 2 aliphatic heterocycles. The molecule has 238 valence electrons. The van der Waals surface area contributed by atoms with E-state index in [2.05, 4.69) is 43.1 Å². The Morgan fingerprint density at radius 1 is 0.902 bits per heavy atom. The van der Waals surface area contributed by atoms with E-state index in [1.807, 2.05) is 4.98 Å². The monoisotopic (exact) mass is 651 g/mol. The molecular formula is C21H40N3O14P3. The number of H-pyrrole nitrogens is 1. The summed E-state index contributed by atoms with van der Waals surface area (Å²) in [5, 5.41) is 20.0. The molecule has 5 N–H and O–H groups in total. The molecule has 3 rings (SSSR count). The van der Waals surface area contributed by atoms with Crippen molar-refractivity contribution in [2.75, 3.05) is 26.2 Å². The quantitative estimate of drug-likeness (QED) is 0.192. The molecule has 41 heavy (non-hydrogen) atoms. The van der Waals surface area contributed by atoms with Gasteiger partial charge in [-0.2, -0.15) is 12.9 Å². The maximum Gasteiger partial charge on any atom is 0.492 e. The van der Waals surface area contributed by atoms with Gasteiger partial charge < -0.3 is 29.6 Å². The van der Waals surface area contributed by atoms with Crippen LogP contribution in [0.25, 0.3) is 0 Å². The average molecular weight is 651 g/mol. The van der Waals surface area contributed by atoms with Crippen LogP contribution in [0.2, 0.25) is 0 Å². The zero-order valence-corrected chi connectivity index (χ0v) is 25.8. The topological polar surface area (TPSA) is 236 Å². The zero-order chi connectivity index (χ0) is 30.8. The van der Waals surface area contributed by atoms with Gasteiger partial charge in [0.2, 0.25) is 0 Å². The van der Waals surface area contributed by atoms with Gasteiger partial charge in [-0.15, -0.1) is 0 Å². The molecule has 0 spiro atoms. The smallest absolute Gasteiger partial charge is 0.387 e. The van der Waals surface area contributed by atoms with E-state index in [1.54, 1.807) is 0 Å². The van der Waals surface area contributed by atoms with Crippen LogP contribution in [0.4, 0.5) is 0 Å². The Morgan fingerprint density at radius 2 is 1.41 bits per heavy atom. The van der Waals surface area contributed by atoms with Crippen molar-refractivity contribution >= 4 is 23.5 Å². The maximum atomic E-state index is 12.1. The molecule has 2 saturated heterocycles. The van der Waals surface area contributed by atoms with Crippen molar-refractivity contribution in [2.24, 2.45) is 0 Å². The Hall–Kier alpha value is -1.03. The maximum absolute atomic E-state index is 12.1. The minimum Gasteiger partial charge on any atom is -0.387 e. The van der Waals surface area contributed by atoms with Crippen molar-refractivity contribution in [3.05, 3.63) is 33.1 Å². The molecule has 0 radical (unpaired) electrons. The molecule has 0 amide bonds. The fourth-order valence-electron chi connectivity index (χ4n) is 3.84. The number of hydrogen-bond acceptors (Lipinski definition) is 13.